The van der Waals surface area contributed by atoms with Crippen LogP contribution in [0.3, 0.4) is 0 Å². The van der Waals surface area contributed by atoms with E-state index >= 15 is 0 Å². The van der Waals surface area contributed by atoms with Crippen molar-refractivity contribution in [2.24, 2.45) is 0 Å². The summed E-state index contributed by atoms with van der Waals surface area (Å²) in [5.41, 5.74) is 0.227. The second-order valence-corrected chi connectivity index (χ2v) is 3.22. The molecule has 14 heavy (non-hydrogen) atoms. The van der Waals surface area contributed by atoms with Crippen LogP contribution in [0.25, 0.3) is 0 Å². The molecule has 0 amide bonds. The van der Waals surface area contributed by atoms with Gasteiger partial charge in [0, 0.05) is 18.1 Å². The fraction of sp³-hybridized carbons (Fsp3) is 0.222. The third kappa shape index (κ3) is 2.11. The highest BCUT2D eigenvalue weighted by Gasteiger charge is 2.14. The predicted molar refractivity (Wildman–Crippen MR) is 55.0 cm³/mol. The maximum absolute atomic E-state index is 11.3. The van der Waals surface area contributed by atoms with Gasteiger partial charge in [0.1, 0.15) is 0 Å². The summed E-state index contributed by atoms with van der Waals surface area (Å²) >= 11 is 3.93. The smallest absolute Gasteiger partial charge is 0.283 e. The standard InChI is InChI=1S/C9H9NO3S/c1-2-8(11)6-3-4-9(14)7(5-6)10(12)13/h3-5,14H,2H2,1H3. The first-order valence-electron chi connectivity index (χ1n) is 4.07. The van der Waals surface area contributed by atoms with Crippen LogP contribution in [0, 0.1) is 10.1 Å². The Kier molecular flexibility index (Phi) is 3.24. The molecular formula is C9H9NO3S. The number of nitro groups is 1. The summed E-state index contributed by atoms with van der Waals surface area (Å²) in [4.78, 5) is 21.5. The zero-order valence-corrected chi connectivity index (χ0v) is 8.45. The van der Waals surface area contributed by atoms with Crippen molar-refractivity contribution in [1.29, 1.82) is 0 Å². The molecule has 0 heterocycles. The van der Waals surface area contributed by atoms with Gasteiger partial charge in [0.2, 0.25) is 0 Å². The SMILES string of the molecule is CCC(=O)c1ccc(S)c([N+](=O)[O-])c1. The van der Waals surface area contributed by atoms with Crippen LogP contribution in [-0.2, 0) is 0 Å². The van der Waals surface area contributed by atoms with E-state index in [-0.39, 0.29) is 16.4 Å². The van der Waals surface area contributed by atoms with Gasteiger partial charge in [0.15, 0.2) is 5.78 Å². The second-order valence-electron chi connectivity index (χ2n) is 2.74. The minimum atomic E-state index is -0.547. The molecule has 0 aliphatic rings. The zero-order valence-electron chi connectivity index (χ0n) is 7.56. The molecule has 0 saturated heterocycles. The largest absolute Gasteiger partial charge is 0.294 e. The summed E-state index contributed by atoms with van der Waals surface area (Å²) in [6, 6.07) is 4.26. The topological polar surface area (TPSA) is 60.2 Å². The molecule has 0 aromatic heterocycles. The van der Waals surface area contributed by atoms with Crippen molar-refractivity contribution in [1.82, 2.24) is 0 Å². The molecule has 1 aromatic carbocycles. The van der Waals surface area contributed by atoms with Crippen molar-refractivity contribution in [3.05, 3.63) is 33.9 Å². The third-order valence-corrected chi connectivity index (χ3v) is 2.19. The molecule has 0 spiro atoms. The molecule has 0 fully saturated rings. The van der Waals surface area contributed by atoms with Crippen LogP contribution < -0.4 is 0 Å². The van der Waals surface area contributed by atoms with E-state index in [0.717, 1.165) is 0 Å². The van der Waals surface area contributed by atoms with Crippen LogP contribution in [0.1, 0.15) is 23.7 Å². The first-order valence-corrected chi connectivity index (χ1v) is 4.51. The average molecular weight is 211 g/mol. The number of ketones is 1. The van der Waals surface area contributed by atoms with Crippen molar-refractivity contribution >= 4 is 24.1 Å². The van der Waals surface area contributed by atoms with Gasteiger partial charge in [-0.1, -0.05) is 6.92 Å². The van der Waals surface area contributed by atoms with Crippen LogP contribution in [0.15, 0.2) is 23.1 Å². The van der Waals surface area contributed by atoms with Gasteiger partial charge in [0.05, 0.1) is 9.82 Å². The van der Waals surface area contributed by atoms with E-state index in [9.17, 15) is 14.9 Å². The van der Waals surface area contributed by atoms with Gasteiger partial charge in [-0.25, -0.2) is 0 Å². The second kappa shape index (κ2) is 4.23. The van der Waals surface area contributed by atoms with Crippen molar-refractivity contribution < 1.29 is 9.72 Å². The highest BCUT2D eigenvalue weighted by molar-refractivity contribution is 7.80. The number of carbonyl (C=O) groups is 1. The van der Waals surface area contributed by atoms with Crippen LogP contribution in [0.2, 0.25) is 0 Å². The summed E-state index contributed by atoms with van der Waals surface area (Å²) in [7, 11) is 0. The number of hydrogen-bond donors (Lipinski definition) is 1. The fourth-order valence-corrected chi connectivity index (χ4v) is 1.27. The lowest BCUT2D eigenvalue weighted by Gasteiger charge is -1.99. The normalized spacial score (nSPS) is 9.86. The lowest BCUT2D eigenvalue weighted by Crippen LogP contribution is -1.98. The maximum Gasteiger partial charge on any atom is 0.283 e. The monoisotopic (exact) mass is 211 g/mol. The van der Waals surface area contributed by atoms with E-state index in [1.165, 1.54) is 12.1 Å². The number of hydrogen-bond acceptors (Lipinski definition) is 4. The minimum absolute atomic E-state index is 0.110. The Balaban J connectivity index is 3.19. The molecule has 1 aromatic rings. The first-order chi connectivity index (χ1) is 6.56. The van der Waals surface area contributed by atoms with Crippen LogP contribution >= 0.6 is 12.6 Å². The molecule has 0 radical (unpaired) electrons. The summed E-state index contributed by atoms with van der Waals surface area (Å²) in [5.74, 6) is -0.110. The molecule has 4 nitrogen and oxygen atoms in total. The van der Waals surface area contributed by atoms with Crippen LogP contribution in [0.5, 0.6) is 0 Å². The van der Waals surface area contributed by atoms with Crippen molar-refractivity contribution in [2.75, 3.05) is 0 Å². The maximum atomic E-state index is 11.3. The molecular weight excluding hydrogens is 202 g/mol. The first kappa shape index (κ1) is 10.7. The number of Topliss-reactive ketones (excluding diaryl/α,β-unsaturated/α-hetero) is 1. The Morgan fingerprint density at radius 2 is 2.21 bits per heavy atom. The van der Waals surface area contributed by atoms with Gasteiger partial charge in [-0.3, -0.25) is 14.9 Å². The number of thiol groups is 1. The van der Waals surface area contributed by atoms with Gasteiger partial charge in [-0.15, -0.1) is 12.6 Å². The lowest BCUT2D eigenvalue weighted by molar-refractivity contribution is -0.387. The van der Waals surface area contributed by atoms with Crippen molar-refractivity contribution in [2.45, 2.75) is 18.2 Å². The summed E-state index contributed by atoms with van der Waals surface area (Å²) in [5, 5.41) is 10.5. The Morgan fingerprint density at radius 3 is 2.71 bits per heavy atom. The van der Waals surface area contributed by atoms with Gasteiger partial charge < -0.3 is 0 Å². The number of carbonyl (C=O) groups excluding carboxylic acids is 1. The summed E-state index contributed by atoms with van der Waals surface area (Å²) in [6.45, 7) is 1.71. The Hall–Kier alpha value is -1.36. The Labute approximate surface area is 86.5 Å². The van der Waals surface area contributed by atoms with Gasteiger partial charge in [-0.05, 0) is 12.1 Å². The fourth-order valence-electron chi connectivity index (χ4n) is 1.05. The van der Waals surface area contributed by atoms with E-state index in [2.05, 4.69) is 12.6 Å². The minimum Gasteiger partial charge on any atom is -0.294 e. The van der Waals surface area contributed by atoms with Crippen molar-refractivity contribution in [3.63, 3.8) is 0 Å². The molecule has 0 aliphatic carbocycles. The molecule has 1 rings (SSSR count). The predicted octanol–water partition coefficient (Wildman–Crippen LogP) is 2.48. The van der Waals surface area contributed by atoms with Crippen molar-refractivity contribution in [3.8, 4) is 0 Å². The van der Waals surface area contributed by atoms with E-state index in [4.69, 9.17) is 0 Å². The third-order valence-electron chi connectivity index (χ3n) is 1.82. The van der Waals surface area contributed by atoms with E-state index < -0.39 is 4.92 Å². The highest BCUT2D eigenvalue weighted by Crippen LogP contribution is 2.23. The lowest BCUT2D eigenvalue weighted by atomic mass is 10.1. The van der Waals surface area contributed by atoms with Gasteiger partial charge in [0.25, 0.3) is 5.69 Å². The number of nitrogens with zero attached hydrogens (tertiary/aromatic N) is 1. The average Bonchev–Trinajstić information content (AvgIpc) is 2.17. The van der Waals surface area contributed by atoms with Gasteiger partial charge in [-0.2, -0.15) is 0 Å². The van der Waals surface area contributed by atoms with Crippen LogP contribution in [-0.4, -0.2) is 10.7 Å². The van der Waals surface area contributed by atoms with Gasteiger partial charge >= 0.3 is 0 Å². The van der Waals surface area contributed by atoms with E-state index in [1.807, 2.05) is 0 Å². The Bertz CT molecular complexity index is 390. The molecule has 0 saturated carbocycles. The molecule has 0 N–H and O–H groups in total. The van der Waals surface area contributed by atoms with E-state index in [0.29, 0.717) is 12.0 Å². The molecule has 0 aliphatic heterocycles. The summed E-state index contributed by atoms with van der Waals surface area (Å²) < 4.78 is 0. The van der Waals surface area contributed by atoms with Crippen LogP contribution in [0.4, 0.5) is 5.69 Å². The number of nitro benzene ring substituents is 1. The molecule has 74 valence electrons. The molecule has 5 heteroatoms. The number of benzene rings is 1. The Morgan fingerprint density at radius 1 is 1.57 bits per heavy atom. The quantitative estimate of drug-likeness (QED) is 0.361. The molecule has 0 bridgehead atoms. The number of rotatable bonds is 3. The molecule has 0 unspecified atom stereocenters. The zero-order chi connectivity index (χ0) is 10.7. The van der Waals surface area contributed by atoms with E-state index in [1.54, 1.807) is 13.0 Å². The summed E-state index contributed by atoms with van der Waals surface area (Å²) in [6.07, 6.45) is 0.336. The highest BCUT2D eigenvalue weighted by atomic mass is 32.1. The molecule has 0 atom stereocenters.